The summed E-state index contributed by atoms with van der Waals surface area (Å²) in [5.74, 6) is -2.52. The highest BCUT2D eigenvalue weighted by atomic mass is 16.4. The number of carbonyl (C=O) groups excluding carboxylic acids is 5. The van der Waals surface area contributed by atoms with Gasteiger partial charge < -0.3 is 41.3 Å². The number of fused-ring (bicyclic) bond motifs is 2. The van der Waals surface area contributed by atoms with E-state index in [2.05, 4.69) is 54.0 Å². The number of amides is 5. The number of aliphatic hydroxyl groups excluding tert-OH is 1. The average Bonchev–Trinajstić information content (AvgIpc) is 3.69. The van der Waals surface area contributed by atoms with E-state index in [1.165, 1.54) is 30.6 Å². The summed E-state index contributed by atoms with van der Waals surface area (Å²) in [7, 11) is 2.12. The quantitative estimate of drug-likeness (QED) is 0.0896. The normalized spacial score (nSPS) is 19.7. The Morgan fingerprint density at radius 3 is 2.15 bits per heavy atom. The van der Waals surface area contributed by atoms with Crippen molar-refractivity contribution in [3.63, 3.8) is 0 Å². The highest BCUT2D eigenvalue weighted by Crippen LogP contribution is 2.46. The van der Waals surface area contributed by atoms with Crippen LogP contribution in [0.1, 0.15) is 71.3 Å². The zero-order chi connectivity index (χ0) is 35.4. The van der Waals surface area contributed by atoms with Crippen LogP contribution in [0.15, 0.2) is 24.3 Å². The van der Waals surface area contributed by atoms with E-state index in [0.717, 1.165) is 30.4 Å². The van der Waals surface area contributed by atoms with Crippen LogP contribution in [0.25, 0.3) is 0 Å². The van der Waals surface area contributed by atoms with Crippen LogP contribution in [0.3, 0.4) is 0 Å². The van der Waals surface area contributed by atoms with E-state index in [-0.39, 0.29) is 18.4 Å². The number of benzene rings is 1. The second-order valence-corrected chi connectivity index (χ2v) is 14.0. The number of nitrogens with one attached hydrogen (secondary N) is 4. The van der Waals surface area contributed by atoms with Crippen LogP contribution in [0.4, 0.5) is 5.69 Å². The molecular weight excluding hydrogens is 620 g/mol. The van der Waals surface area contributed by atoms with Gasteiger partial charge in [0, 0.05) is 11.7 Å². The van der Waals surface area contributed by atoms with Crippen molar-refractivity contribution in [2.75, 3.05) is 44.7 Å². The first-order valence-electron chi connectivity index (χ1n) is 16.7. The first-order valence-corrected chi connectivity index (χ1v) is 16.7. The van der Waals surface area contributed by atoms with E-state index in [4.69, 9.17) is 0 Å². The molecule has 14 heteroatoms. The molecular formula is C34H52N6O8. The fourth-order valence-corrected chi connectivity index (χ4v) is 6.57. The summed E-state index contributed by atoms with van der Waals surface area (Å²) in [4.78, 5) is 76.9. The average molecular weight is 673 g/mol. The molecule has 5 atom stereocenters. The van der Waals surface area contributed by atoms with Gasteiger partial charge in [-0.1, -0.05) is 39.3 Å². The highest BCUT2D eigenvalue weighted by molar-refractivity contribution is 5.93. The second kappa shape index (κ2) is 17.9. The Labute approximate surface area is 282 Å². The van der Waals surface area contributed by atoms with Gasteiger partial charge in [0.1, 0.15) is 18.6 Å². The molecule has 2 saturated carbocycles. The summed E-state index contributed by atoms with van der Waals surface area (Å²) >= 11 is 0. The number of nitrogens with zero attached hydrogens (tertiary/aromatic N) is 2. The number of rotatable bonds is 19. The summed E-state index contributed by atoms with van der Waals surface area (Å²) < 4.78 is 0. The number of anilines is 1. The number of carboxylic acid groups (broad SMARTS) is 1. The molecule has 266 valence electrons. The Morgan fingerprint density at radius 2 is 1.58 bits per heavy atom. The maximum atomic E-state index is 12.9. The third-order valence-electron chi connectivity index (χ3n) is 9.37. The molecule has 3 unspecified atom stereocenters. The van der Waals surface area contributed by atoms with Crippen molar-refractivity contribution < 1.29 is 39.0 Å². The van der Waals surface area contributed by atoms with Crippen molar-refractivity contribution in [2.45, 2.75) is 89.3 Å². The summed E-state index contributed by atoms with van der Waals surface area (Å²) in [6.45, 7) is 4.96. The van der Waals surface area contributed by atoms with E-state index in [9.17, 15) is 39.0 Å². The molecule has 0 aromatic heterocycles. The lowest BCUT2D eigenvalue weighted by atomic mass is 9.87. The van der Waals surface area contributed by atoms with Crippen LogP contribution in [0, 0.1) is 11.8 Å². The monoisotopic (exact) mass is 672 g/mol. The predicted molar refractivity (Wildman–Crippen MR) is 179 cm³/mol. The standard InChI is InChI=1S/C34H52N6O8/c1-34(2,3)24-10-12-25(13-11-24)40(21-42)19-31(45)36-17-29(43)35-18-30(44)37-26(32(46)38-27(20-41)33(47)48)7-5-6-14-39(4)28-16-22-8-9-23(28)15-22/h10-13,21-23,26-28,41H,5-9,14-20H2,1-4H3,(H,35,43)(H,36,45)(H,37,44)(H,38,46)(H,47,48)/t22?,23?,26-,27-,28?/m0/s1. The molecule has 0 aliphatic heterocycles. The highest BCUT2D eigenvalue weighted by Gasteiger charge is 2.41. The zero-order valence-electron chi connectivity index (χ0n) is 28.5. The minimum Gasteiger partial charge on any atom is -0.480 e. The van der Waals surface area contributed by atoms with Gasteiger partial charge in [-0.15, -0.1) is 0 Å². The van der Waals surface area contributed by atoms with Crippen molar-refractivity contribution in [3.8, 4) is 0 Å². The number of aliphatic carboxylic acids is 1. The Bertz CT molecular complexity index is 1280. The Hall–Kier alpha value is -4.04. The van der Waals surface area contributed by atoms with Crippen LogP contribution < -0.4 is 26.2 Å². The Morgan fingerprint density at radius 1 is 0.917 bits per heavy atom. The summed E-state index contributed by atoms with van der Waals surface area (Å²) in [5, 5.41) is 28.2. The Kier molecular flexibility index (Phi) is 14.3. The zero-order valence-corrected chi connectivity index (χ0v) is 28.5. The number of hydrogen-bond donors (Lipinski definition) is 6. The van der Waals surface area contributed by atoms with Crippen LogP contribution in [0.2, 0.25) is 0 Å². The fraction of sp³-hybridized carbons (Fsp3) is 0.647. The number of aliphatic hydroxyl groups is 1. The fourth-order valence-electron chi connectivity index (χ4n) is 6.57. The molecule has 0 radical (unpaired) electrons. The molecule has 2 bridgehead atoms. The first kappa shape index (κ1) is 38.4. The molecule has 1 aromatic carbocycles. The van der Waals surface area contributed by atoms with Crippen molar-refractivity contribution >= 4 is 41.7 Å². The van der Waals surface area contributed by atoms with Crippen molar-refractivity contribution in [1.82, 2.24) is 26.2 Å². The summed E-state index contributed by atoms with van der Waals surface area (Å²) in [6, 6.07) is 5.21. The smallest absolute Gasteiger partial charge is 0.328 e. The van der Waals surface area contributed by atoms with E-state index in [1.54, 1.807) is 12.1 Å². The lowest BCUT2D eigenvalue weighted by Crippen LogP contribution is -2.54. The molecule has 1 aromatic rings. The first-order chi connectivity index (χ1) is 22.7. The minimum absolute atomic E-state index is 0.0753. The van der Waals surface area contributed by atoms with Gasteiger partial charge in [-0.05, 0) is 87.1 Å². The summed E-state index contributed by atoms with van der Waals surface area (Å²) in [5.41, 5.74) is 1.51. The van der Waals surface area contributed by atoms with Crippen molar-refractivity contribution in [1.29, 1.82) is 0 Å². The maximum absolute atomic E-state index is 12.9. The predicted octanol–water partition coefficient (Wildman–Crippen LogP) is 0.517. The van der Waals surface area contributed by atoms with Crippen LogP contribution >= 0.6 is 0 Å². The third-order valence-corrected chi connectivity index (χ3v) is 9.37. The van der Waals surface area contributed by atoms with Crippen molar-refractivity contribution in [3.05, 3.63) is 29.8 Å². The third kappa shape index (κ3) is 11.6. The number of hydrogen-bond acceptors (Lipinski definition) is 8. The van der Waals surface area contributed by atoms with Gasteiger partial charge in [0.05, 0.1) is 19.7 Å². The van der Waals surface area contributed by atoms with Crippen LogP contribution in [-0.4, -0.2) is 109 Å². The van der Waals surface area contributed by atoms with Gasteiger partial charge in [-0.3, -0.25) is 24.0 Å². The molecule has 5 amide bonds. The molecule has 48 heavy (non-hydrogen) atoms. The van der Waals surface area contributed by atoms with Gasteiger partial charge in [0.25, 0.3) is 0 Å². The molecule has 0 saturated heterocycles. The molecule has 2 aliphatic carbocycles. The van der Waals surface area contributed by atoms with Gasteiger partial charge in [0.2, 0.25) is 30.0 Å². The minimum atomic E-state index is -1.53. The molecule has 0 spiro atoms. The topological polar surface area (TPSA) is 197 Å². The molecule has 6 N–H and O–H groups in total. The molecule has 3 rings (SSSR count). The lowest BCUT2D eigenvalue weighted by molar-refractivity contribution is -0.143. The van der Waals surface area contributed by atoms with E-state index in [1.807, 2.05) is 12.1 Å². The van der Waals surface area contributed by atoms with Gasteiger partial charge in [-0.2, -0.15) is 0 Å². The van der Waals surface area contributed by atoms with Gasteiger partial charge in [0.15, 0.2) is 0 Å². The largest absolute Gasteiger partial charge is 0.480 e. The van der Waals surface area contributed by atoms with E-state index >= 15 is 0 Å². The Balaban J connectivity index is 1.44. The molecule has 2 fully saturated rings. The SMILES string of the molecule is CN(CCCC[C@H](NC(=O)CNC(=O)CNC(=O)CN(C=O)c1ccc(C(C)(C)C)cc1)C(=O)N[C@@H](CO)C(=O)O)C1CC2CCC1C2. The molecule has 0 heterocycles. The number of carboxylic acids is 1. The van der Waals surface area contributed by atoms with Crippen LogP contribution in [-0.2, 0) is 34.2 Å². The number of carbonyl (C=O) groups is 6. The lowest BCUT2D eigenvalue weighted by Gasteiger charge is -2.31. The van der Waals surface area contributed by atoms with Gasteiger partial charge in [-0.25, -0.2) is 4.79 Å². The van der Waals surface area contributed by atoms with E-state index in [0.29, 0.717) is 24.6 Å². The molecule has 2 aliphatic rings. The number of unbranched alkanes of at least 4 members (excludes halogenated alkanes) is 1. The van der Waals surface area contributed by atoms with E-state index < -0.39 is 61.4 Å². The summed E-state index contributed by atoms with van der Waals surface area (Å²) in [6.07, 6.45) is 7.23. The van der Waals surface area contributed by atoms with Crippen LogP contribution in [0.5, 0.6) is 0 Å². The second-order valence-electron chi connectivity index (χ2n) is 14.0. The maximum Gasteiger partial charge on any atom is 0.328 e. The van der Waals surface area contributed by atoms with Gasteiger partial charge >= 0.3 is 5.97 Å². The molecule has 14 nitrogen and oxygen atoms in total. The van der Waals surface area contributed by atoms with Crippen molar-refractivity contribution in [2.24, 2.45) is 11.8 Å².